The second-order valence-electron chi connectivity index (χ2n) is 5.62. The van der Waals surface area contributed by atoms with Crippen molar-refractivity contribution < 1.29 is 8.42 Å². The van der Waals surface area contributed by atoms with Crippen molar-refractivity contribution in [3.8, 4) is 0 Å². The molecule has 1 rings (SSSR count). The van der Waals surface area contributed by atoms with Crippen LogP contribution < -0.4 is 5.32 Å². The SMILES string of the molecule is CCC1CCCCC1NCCCN(CC)S(C)(=O)=O. The number of nitrogens with one attached hydrogen (secondary N) is 1. The highest BCUT2D eigenvalue weighted by molar-refractivity contribution is 7.88. The molecule has 114 valence electrons. The molecule has 0 spiro atoms. The molecule has 1 N–H and O–H groups in total. The second kappa shape index (κ2) is 8.22. The van der Waals surface area contributed by atoms with Gasteiger partial charge in [0.05, 0.1) is 6.26 Å². The van der Waals surface area contributed by atoms with Crippen LogP contribution in [-0.2, 0) is 10.0 Å². The van der Waals surface area contributed by atoms with Gasteiger partial charge in [-0.15, -0.1) is 0 Å². The zero-order chi connectivity index (χ0) is 14.3. The molecule has 0 aromatic heterocycles. The number of hydrogen-bond donors (Lipinski definition) is 1. The Morgan fingerprint density at radius 3 is 2.47 bits per heavy atom. The summed E-state index contributed by atoms with van der Waals surface area (Å²) in [6.07, 6.45) is 8.77. The van der Waals surface area contributed by atoms with Crippen LogP contribution in [0.25, 0.3) is 0 Å². The Bertz CT molecular complexity index is 343. The Kier molecular flexibility index (Phi) is 7.32. The highest BCUT2D eigenvalue weighted by atomic mass is 32.2. The van der Waals surface area contributed by atoms with Crippen molar-refractivity contribution in [3.05, 3.63) is 0 Å². The molecule has 0 heterocycles. The van der Waals surface area contributed by atoms with E-state index in [1.54, 1.807) is 4.31 Å². The van der Waals surface area contributed by atoms with Crippen molar-refractivity contribution in [2.24, 2.45) is 5.92 Å². The van der Waals surface area contributed by atoms with Crippen LogP contribution in [0.2, 0.25) is 0 Å². The van der Waals surface area contributed by atoms with Gasteiger partial charge < -0.3 is 5.32 Å². The summed E-state index contributed by atoms with van der Waals surface area (Å²) < 4.78 is 24.5. The van der Waals surface area contributed by atoms with Gasteiger partial charge in [0, 0.05) is 19.1 Å². The molecule has 1 fully saturated rings. The van der Waals surface area contributed by atoms with E-state index in [0.717, 1.165) is 18.9 Å². The summed E-state index contributed by atoms with van der Waals surface area (Å²) in [6.45, 7) is 6.29. The van der Waals surface area contributed by atoms with Gasteiger partial charge in [0.2, 0.25) is 10.0 Å². The fourth-order valence-electron chi connectivity index (χ4n) is 3.07. The van der Waals surface area contributed by atoms with Gasteiger partial charge in [-0.3, -0.25) is 0 Å². The molecular weight excluding hydrogens is 260 g/mol. The lowest BCUT2D eigenvalue weighted by Crippen LogP contribution is -2.40. The van der Waals surface area contributed by atoms with Crippen LogP contribution >= 0.6 is 0 Å². The van der Waals surface area contributed by atoms with Crippen LogP contribution in [0, 0.1) is 5.92 Å². The maximum Gasteiger partial charge on any atom is 0.211 e. The smallest absolute Gasteiger partial charge is 0.211 e. The summed E-state index contributed by atoms with van der Waals surface area (Å²) >= 11 is 0. The first kappa shape index (κ1) is 16.9. The Balaban J connectivity index is 2.26. The minimum atomic E-state index is -3.03. The van der Waals surface area contributed by atoms with Gasteiger partial charge in [0.15, 0.2) is 0 Å². The standard InChI is InChI=1S/C14H30N2O2S/c1-4-13-9-6-7-10-14(13)15-11-8-12-16(5-2)19(3,17)18/h13-15H,4-12H2,1-3H3. The summed E-state index contributed by atoms with van der Waals surface area (Å²) in [7, 11) is -3.03. The average Bonchev–Trinajstić information content (AvgIpc) is 2.37. The van der Waals surface area contributed by atoms with E-state index in [1.807, 2.05) is 6.92 Å². The van der Waals surface area contributed by atoms with E-state index in [9.17, 15) is 8.42 Å². The quantitative estimate of drug-likeness (QED) is 0.697. The molecule has 0 aromatic carbocycles. The van der Waals surface area contributed by atoms with Gasteiger partial charge in [-0.25, -0.2) is 12.7 Å². The van der Waals surface area contributed by atoms with Crippen molar-refractivity contribution >= 4 is 10.0 Å². The Hall–Kier alpha value is -0.130. The normalized spacial score (nSPS) is 24.8. The van der Waals surface area contributed by atoms with Crippen LogP contribution in [-0.4, -0.2) is 44.7 Å². The van der Waals surface area contributed by atoms with Crippen LogP contribution in [0.15, 0.2) is 0 Å². The third-order valence-corrected chi connectivity index (χ3v) is 5.62. The molecule has 2 unspecified atom stereocenters. The minimum absolute atomic E-state index is 0.569. The van der Waals surface area contributed by atoms with Gasteiger partial charge in [0.25, 0.3) is 0 Å². The molecule has 4 nitrogen and oxygen atoms in total. The van der Waals surface area contributed by atoms with Crippen molar-refractivity contribution in [2.45, 2.75) is 58.4 Å². The topological polar surface area (TPSA) is 49.4 Å². The minimum Gasteiger partial charge on any atom is -0.314 e. The lowest BCUT2D eigenvalue weighted by molar-refractivity contribution is 0.253. The highest BCUT2D eigenvalue weighted by Crippen LogP contribution is 2.26. The van der Waals surface area contributed by atoms with E-state index >= 15 is 0 Å². The maximum absolute atomic E-state index is 11.5. The molecule has 0 radical (unpaired) electrons. The van der Waals surface area contributed by atoms with Gasteiger partial charge in [-0.05, 0) is 31.7 Å². The van der Waals surface area contributed by atoms with E-state index in [4.69, 9.17) is 0 Å². The molecule has 5 heteroatoms. The first-order valence-electron chi connectivity index (χ1n) is 7.67. The molecule has 1 aliphatic rings. The zero-order valence-corrected chi connectivity index (χ0v) is 13.5. The summed E-state index contributed by atoms with van der Waals surface area (Å²) in [5.41, 5.74) is 0. The van der Waals surface area contributed by atoms with Crippen molar-refractivity contribution in [1.29, 1.82) is 0 Å². The summed E-state index contributed by atoms with van der Waals surface area (Å²) in [4.78, 5) is 0. The largest absolute Gasteiger partial charge is 0.314 e. The number of sulfonamides is 1. The van der Waals surface area contributed by atoms with Gasteiger partial charge >= 0.3 is 0 Å². The maximum atomic E-state index is 11.5. The fourth-order valence-corrected chi connectivity index (χ4v) is 4.00. The van der Waals surface area contributed by atoms with Gasteiger partial charge in [0.1, 0.15) is 0 Å². The predicted octanol–water partition coefficient (Wildman–Crippen LogP) is 2.22. The van der Waals surface area contributed by atoms with E-state index in [2.05, 4.69) is 12.2 Å². The monoisotopic (exact) mass is 290 g/mol. The number of nitrogens with zero attached hydrogens (tertiary/aromatic N) is 1. The molecule has 1 saturated carbocycles. The van der Waals surface area contributed by atoms with E-state index in [-0.39, 0.29) is 0 Å². The first-order valence-corrected chi connectivity index (χ1v) is 9.52. The van der Waals surface area contributed by atoms with E-state index < -0.39 is 10.0 Å². The molecule has 0 aliphatic heterocycles. The average molecular weight is 290 g/mol. The van der Waals surface area contributed by atoms with Crippen molar-refractivity contribution in [2.75, 3.05) is 25.9 Å². The molecule has 19 heavy (non-hydrogen) atoms. The molecule has 2 atom stereocenters. The van der Waals surface area contributed by atoms with Gasteiger partial charge in [-0.1, -0.05) is 33.1 Å². The summed E-state index contributed by atoms with van der Waals surface area (Å²) in [5, 5.41) is 3.63. The van der Waals surface area contributed by atoms with Crippen LogP contribution in [0.4, 0.5) is 0 Å². The lowest BCUT2D eigenvalue weighted by Gasteiger charge is -2.32. The molecular formula is C14H30N2O2S. The number of rotatable bonds is 8. The van der Waals surface area contributed by atoms with E-state index in [1.165, 1.54) is 38.4 Å². The summed E-state index contributed by atoms with van der Waals surface area (Å²) in [5.74, 6) is 0.811. The Labute approximate surface area is 119 Å². The second-order valence-corrected chi connectivity index (χ2v) is 7.60. The summed E-state index contributed by atoms with van der Waals surface area (Å²) in [6, 6.07) is 0.645. The number of hydrogen-bond acceptors (Lipinski definition) is 3. The predicted molar refractivity (Wildman–Crippen MR) is 80.7 cm³/mol. The van der Waals surface area contributed by atoms with Gasteiger partial charge in [-0.2, -0.15) is 0 Å². The fraction of sp³-hybridized carbons (Fsp3) is 1.00. The third kappa shape index (κ3) is 5.79. The Morgan fingerprint density at radius 1 is 1.21 bits per heavy atom. The molecule has 0 aromatic rings. The Morgan fingerprint density at radius 2 is 1.89 bits per heavy atom. The van der Waals surface area contributed by atoms with Crippen molar-refractivity contribution in [3.63, 3.8) is 0 Å². The molecule has 0 amide bonds. The lowest BCUT2D eigenvalue weighted by atomic mass is 9.83. The highest BCUT2D eigenvalue weighted by Gasteiger charge is 2.22. The molecule has 0 saturated heterocycles. The van der Waals surface area contributed by atoms with Crippen LogP contribution in [0.5, 0.6) is 0 Å². The molecule has 1 aliphatic carbocycles. The van der Waals surface area contributed by atoms with Crippen LogP contribution in [0.3, 0.4) is 0 Å². The van der Waals surface area contributed by atoms with Crippen LogP contribution in [0.1, 0.15) is 52.4 Å². The molecule has 0 bridgehead atoms. The first-order chi connectivity index (χ1) is 8.99. The van der Waals surface area contributed by atoms with E-state index in [0.29, 0.717) is 19.1 Å². The van der Waals surface area contributed by atoms with Crippen molar-refractivity contribution in [1.82, 2.24) is 9.62 Å². The zero-order valence-electron chi connectivity index (χ0n) is 12.7. The third-order valence-electron chi connectivity index (χ3n) is 4.25.